The van der Waals surface area contributed by atoms with Gasteiger partial charge < -0.3 is 0 Å². The molecule has 0 aromatic carbocycles. The topological polar surface area (TPSA) is 0 Å². The number of alkyl halides is 6. The molecular formula is C6H10F6Si. The highest BCUT2D eigenvalue weighted by atomic mass is 28.3. The summed E-state index contributed by atoms with van der Waals surface area (Å²) >= 11 is 0. The molecule has 0 radical (unpaired) electrons. The van der Waals surface area contributed by atoms with Crippen LogP contribution in [0.5, 0.6) is 0 Å². The minimum atomic E-state index is -5.15. The van der Waals surface area contributed by atoms with Crippen molar-refractivity contribution >= 4 is 8.07 Å². The third-order valence-corrected chi connectivity index (χ3v) is 6.88. The first kappa shape index (κ1) is 12.8. The first-order valence-corrected chi connectivity index (χ1v) is 6.17. The molecule has 0 aromatic heterocycles. The summed E-state index contributed by atoms with van der Waals surface area (Å²) in [5, 5.41) is 0. The summed E-state index contributed by atoms with van der Waals surface area (Å²) in [7, 11) is -5.15. The molecule has 0 aliphatic carbocycles. The maximum Gasteiger partial charge on any atom is 0.371 e. The van der Waals surface area contributed by atoms with Gasteiger partial charge in [-0.15, -0.1) is 0 Å². The van der Waals surface area contributed by atoms with E-state index in [1.54, 1.807) is 0 Å². The van der Waals surface area contributed by atoms with E-state index in [-0.39, 0.29) is 0 Å². The second kappa shape index (κ2) is 3.51. The molecular weight excluding hydrogens is 214 g/mol. The highest BCUT2D eigenvalue weighted by molar-refractivity contribution is 6.83. The van der Waals surface area contributed by atoms with E-state index in [4.69, 9.17) is 0 Å². The molecule has 7 heteroatoms. The lowest BCUT2D eigenvalue weighted by Crippen LogP contribution is -2.61. The summed E-state index contributed by atoms with van der Waals surface area (Å²) < 4.78 is 73.3. The van der Waals surface area contributed by atoms with Crippen molar-refractivity contribution in [1.29, 1.82) is 0 Å². The SMILES string of the molecule is CC[Si](CC)(C(F)(F)F)C(F)(F)F. The van der Waals surface area contributed by atoms with Gasteiger partial charge in [0.2, 0.25) is 0 Å². The Hall–Kier alpha value is -0.203. The van der Waals surface area contributed by atoms with Crippen molar-refractivity contribution in [2.24, 2.45) is 0 Å². The fraction of sp³-hybridized carbons (Fsp3) is 1.00. The van der Waals surface area contributed by atoms with Crippen LogP contribution in [-0.4, -0.2) is 19.7 Å². The van der Waals surface area contributed by atoms with E-state index < -0.39 is 31.8 Å². The van der Waals surface area contributed by atoms with Gasteiger partial charge in [0.05, 0.1) is 0 Å². The summed E-state index contributed by atoms with van der Waals surface area (Å²) in [5.41, 5.74) is 0. The van der Waals surface area contributed by atoms with E-state index >= 15 is 0 Å². The molecule has 0 aliphatic heterocycles. The standard InChI is InChI=1S/C6H10F6Si/c1-3-13(4-2,5(7,8)9)6(10,11)12/h3-4H2,1-2H3. The largest absolute Gasteiger partial charge is 0.371 e. The number of halogens is 6. The number of hydrogen-bond acceptors (Lipinski definition) is 0. The van der Waals surface area contributed by atoms with Crippen LogP contribution in [-0.2, 0) is 0 Å². The van der Waals surface area contributed by atoms with Crippen molar-refractivity contribution in [3.8, 4) is 0 Å². The second-order valence-corrected chi connectivity index (χ2v) is 7.50. The van der Waals surface area contributed by atoms with E-state index in [9.17, 15) is 26.3 Å². The van der Waals surface area contributed by atoms with Crippen LogP contribution in [0.2, 0.25) is 12.1 Å². The van der Waals surface area contributed by atoms with Crippen LogP contribution in [0.15, 0.2) is 0 Å². The molecule has 0 N–H and O–H groups in total. The van der Waals surface area contributed by atoms with Gasteiger partial charge in [0, 0.05) is 0 Å². The Labute approximate surface area is 72.9 Å². The van der Waals surface area contributed by atoms with Crippen LogP contribution in [0.4, 0.5) is 26.3 Å². The molecule has 0 fully saturated rings. The monoisotopic (exact) mass is 224 g/mol. The van der Waals surface area contributed by atoms with Gasteiger partial charge in [-0.05, 0) is 12.1 Å². The lowest BCUT2D eigenvalue weighted by atomic mass is 10.9. The van der Waals surface area contributed by atoms with Crippen molar-refractivity contribution in [2.75, 3.05) is 0 Å². The van der Waals surface area contributed by atoms with Gasteiger partial charge in [-0.3, -0.25) is 0 Å². The Kier molecular flexibility index (Phi) is 3.45. The van der Waals surface area contributed by atoms with Crippen LogP contribution in [0.3, 0.4) is 0 Å². The molecule has 80 valence electrons. The van der Waals surface area contributed by atoms with Crippen LogP contribution < -0.4 is 0 Å². The summed E-state index contributed by atoms with van der Waals surface area (Å²) in [4.78, 5) is 0. The number of rotatable bonds is 2. The minimum absolute atomic E-state index is 0.837. The Balaban J connectivity index is 5.17. The smallest absolute Gasteiger partial charge is 0.176 e. The third kappa shape index (κ3) is 2.00. The molecule has 0 unspecified atom stereocenters. The summed E-state index contributed by atoms with van der Waals surface area (Å²) in [6.07, 6.45) is 0. The lowest BCUT2D eigenvalue weighted by Gasteiger charge is -2.32. The second-order valence-electron chi connectivity index (χ2n) is 2.78. The summed E-state index contributed by atoms with van der Waals surface area (Å²) in [5.74, 6) is -10.2. The first-order valence-electron chi connectivity index (χ1n) is 3.76. The van der Waals surface area contributed by atoms with Crippen molar-refractivity contribution in [3.63, 3.8) is 0 Å². The molecule has 0 nitrogen and oxygen atoms in total. The van der Waals surface area contributed by atoms with Gasteiger partial charge >= 0.3 is 19.7 Å². The quantitative estimate of drug-likeness (QED) is 0.496. The van der Waals surface area contributed by atoms with Crippen LogP contribution >= 0.6 is 0 Å². The Morgan fingerprint density at radius 2 is 1.00 bits per heavy atom. The van der Waals surface area contributed by atoms with Crippen molar-refractivity contribution in [3.05, 3.63) is 0 Å². The van der Waals surface area contributed by atoms with Crippen molar-refractivity contribution in [2.45, 2.75) is 37.5 Å². The maximum absolute atomic E-state index is 12.2. The molecule has 0 aliphatic rings. The Morgan fingerprint density at radius 1 is 0.769 bits per heavy atom. The zero-order chi connectivity index (χ0) is 10.9. The molecule has 0 saturated carbocycles. The maximum atomic E-state index is 12.2. The highest BCUT2D eigenvalue weighted by Gasteiger charge is 2.71. The van der Waals surface area contributed by atoms with E-state index in [0.29, 0.717) is 0 Å². The van der Waals surface area contributed by atoms with E-state index in [1.807, 2.05) is 0 Å². The molecule has 0 saturated heterocycles. The van der Waals surface area contributed by atoms with Gasteiger partial charge in [0.25, 0.3) is 0 Å². The minimum Gasteiger partial charge on any atom is -0.176 e. The van der Waals surface area contributed by atoms with Crippen molar-refractivity contribution < 1.29 is 26.3 Å². The fourth-order valence-corrected chi connectivity index (χ4v) is 3.64. The van der Waals surface area contributed by atoms with E-state index in [0.717, 1.165) is 13.8 Å². The van der Waals surface area contributed by atoms with E-state index in [2.05, 4.69) is 0 Å². The summed E-state index contributed by atoms with van der Waals surface area (Å²) in [6.45, 7) is 1.91. The van der Waals surface area contributed by atoms with Gasteiger partial charge in [0.1, 0.15) is 0 Å². The molecule has 0 amide bonds. The highest BCUT2D eigenvalue weighted by Crippen LogP contribution is 2.45. The lowest BCUT2D eigenvalue weighted by molar-refractivity contribution is -0.114. The van der Waals surface area contributed by atoms with Crippen molar-refractivity contribution in [1.82, 2.24) is 0 Å². The molecule has 0 bridgehead atoms. The van der Waals surface area contributed by atoms with E-state index in [1.165, 1.54) is 0 Å². The predicted octanol–water partition coefficient (Wildman–Crippen LogP) is 3.68. The average molecular weight is 224 g/mol. The van der Waals surface area contributed by atoms with Gasteiger partial charge in [-0.1, -0.05) is 13.8 Å². The van der Waals surface area contributed by atoms with Gasteiger partial charge in [-0.25, -0.2) is 0 Å². The van der Waals surface area contributed by atoms with Gasteiger partial charge in [-0.2, -0.15) is 26.3 Å². The van der Waals surface area contributed by atoms with Crippen LogP contribution in [0, 0.1) is 0 Å². The molecule has 0 atom stereocenters. The Morgan fingerprint density at radius 3 is 1.00 bits per heavy atom. The molecule has 0 aromatic rings. The first-order chi connectivity index (χ1) is 5.62. The van der Waals surface area contributed by atoms with Crippen LogP contribution in [0.25, 0.3) is 0 Å². The molecule has 0 heterocycles. The summed E-state index contributed by atoms with van der Waals surface area (Å²) in [6, 6.07) is -1.67. The molecule has 0 rings (SSSR count). The normalized spacial score (nSPS) is 14.8. The predicted molar refractivity (Wildman–Crippen MR) is 38.8 cm³/mol. The zero-order valence-corrected chi connectivity index (χ0v) is 8.18. The number of hydrogen-bond donors (Lipinski definition) is 0. The van der Waals surface area contributed by atoms with Crippen LogP contribution in [0.1, 0.15) is 13.8 Å². The Bertz CT molecular complexity index is 149. The third-order valence-electron chi connectivity index (χ3n) is 2.29. The fourth-order valence-electron chi connectivity index (χ4n) is 1.21. The molecule has 13 heavy (non-hydrogen) atoms. The zero-order valence-electron chi connectivity index (χ0n) is 7.18. The average Bonchev–Trinajstić information content (AvgIpc) is 1.84. The van der Waals surface area contributed by atoms with Gasteiger partial charge in [0.15, 0.2) is 0 Å². The molecule has 0 spiro atoms.